The summed E-state index contributed by atoms with van der Waals surface area (Å²) >= 11 is 1.57. The quantitative estimate of drug-likeness (QED) is 0.535. The summed E-state index contributed by atoms with van der Waals surface area (Å²) in [6.07, 6.45) is 0.279. The van der Waals surface area contributed by atoms with Crippen molar-refractivity contribution in [2.45, 2.75) is 19.4 Å². The van der Waals surface area contributed by atoms with E-state index in [4.69, 9.17) is 5.11 Å². The van der Waals surface area contributed by atoms with Crippen LogP contribution in [0.5, 0.6) is 0 Å². The number of carbonyl (C=O) groups is 4. The first-order valence-corrected chi connectivity index (χ1v) is 8.66. The Hall–Kier alpha value is -2.35. The van der Waals surface area contributed by atoms with Crippen LogP contribution in [-0.2, 0) is 9.59 Å². The predicted molar refractivity (Wildman–Crippen MR) is 89.0 cm³/mol. The van der Waals surface area contributed by atoms with Crippen LogP contribution in [0.1, 0.15) is 34.1 Å². The zero-order valence-corrected chi connectivity index (χ0v) is 14.0. The molecule has 1 aliphatic rings. The fourth-order valence-electron chi connectivity index (χ4n) is 2.37. The molecule has 0 aliphatic carbocycles. The van der Waals surface area contributed by atoms with Gasteiger partial charge in [0.1, 0.15) is 12.6 Å². The number of hydrogen-bond acceptors (Lipinski definition) is 5. The Balaban J connectivity index is 1.98. The highest BCUT2D eigenvalue weighted by Crippen LogP contribution is 2.21. The lowest BCUT2D eigenvalue weighted by atomic mass is 10.1. The Morgan fingerprint density at radius 2 is 1.79 bits per heavy atom. The van der Waals surface area contributed by atoms with Crippen LogP contribution >= 0.6 is 11.8 Å². The minimum Gasteiger partial charge on any atom is -0.480 e. The highest BCUT2D eigenvalue weighted by molar-refractivity contribution is 7.99. The number of fused-ring (bicyclic) bond motifs is 1. The lowest BCUT2D eigenvalue weighted by Crippen LogP contribution is -2.47. The van der Waals surface area contributed by atoms with Gasteiger partial charge in [-0.3, -0.25) is 19.3 Å². The molecule has 7 nitrogen and oxygen atoms in total. The number of hydrogen-bond donors (Lipinski definition) is 2. The van der Waals surface area contributed by atoms with E-state index >= 15 is 0 Å². The molecule has 0 saturated heterocycles. The van der Waals surface area contributed by atoms with Crippen molar-refractivity contribution in [2.24, 2.45) is 0 Å². The standard InChI is InChI=1S/C16H18N2O5S/c1-2-24-8-7-12(16(22)23)17-13(19)9-18-14(20)10-5-3-4-6-11(10)15(18)21/h3-6,12H,2,7-9H2,1H3,(H,17,19)(H,22,23). The van der Waals surface area contributed by atoms with Gasteiger partial charge in [-0.25, -0.2) is 4.79 Å². The smallest absolute Gasteiger partial charge is 0.326 e. The Morgan fingerprint density at radius 3 is 2.29 bits per heavy atom. The second kappa shape index (κ2) is 7.96. The molecule has 3 amide bonds. The number of imide groups is 1. The summed E-state index contributed by atoms with van der Waals surface area (Å²) in [5.74, 6) is -1.44. The molecular formula is C16H18N2O5S. The molecule has 0 fully saturated rings. The minimum atomic E-state index is -1.14. The van der Waals surface area contributed by atoms with Gasteiger partial charge in [0.25, 0.3) is 11.8 Å². The predicted octanol–water partition coefficient (Wildman–Crippen LogP) is 0.995. The van der Waals surface area contributed by atoms with Crippen LogP contribution in [0.4, 0.5) is 0 Å². The van der Waals surface area contributed by atoms with Crippen molar-refractivity contribution in [2.75, 3.05) is 18.1 Å². The maximum absolute atomic E-state index is 12.2. The fraction of sp³-hybridized carbons (Fsp3) is 0.375. The van der Waals surface area contributed by atoms with Gasteiger partial charge in [-0.15, -0.1) is 0 Å². The van der Waals surface area contributed by atoms with Crippen LogP contribution in [0, 0.1) is 0 Å². The van der Waals surface area contributed by atoms with Crippen molar-refractivity contribution in [3.63, 3.8) is 0 Å². The highest BCUT2D eigenvalue weighted by atomic mass is 32.2. The van der Waals surface area contributed by atoms with E-state index < -0.39 is 36.3 Å². The summed E-state index contributed by atoms with van der Waals surface area (Å²) in [4.78, 5) is 48.5. The van der Waals surface area contributed by atoms with Crippen molar-refractivity contribution < 1.29 is 24.3 Å². The van der Waals surface area contributed by atoms with E-state index in [1.165, 1.54) is 12.1 Å². The first-order valence-electron chi connectivity index (χ1n) is 7.50. The summed E-state index contributed by atoms with van der Waals surface area (Å²) in [6.45, 7) is 1.47. The molecule has 1 unspecified atom stereocenters. The van der Waals surface area contributed by atoms with Crippen molar-refractivity contribution in [3.8, 4) is 0 Å². The first kappa shape index (κ1) is 18.0. The second-order valence-corrected chi connectivity index (χ2v) is 6.58. The van der Waals surface area contributed by atoms with Gasteiger partial charge in [-0.05, 0) is 30.1 Å². The van der Waals surface area contributed by atoms with Crippen LogP contribution in [0.2, 0.25) is 0 Å². The van der Waals surface area contributed by atoms with Gasteiger partial charge in [0.2, 0.25) is 5.91 Å². The van der Waals surface area contributed by atoms with Gasteiger partial charge in [0, 0.05) is 0 Å². The summed E-state index contributed by atoms with van der Waals surface area (Å²) in [5.41, 5.74) is 0.508. The van der Waals surface area contributed by atoms with Crippen LogP contribution in [0.3, 0.4) is 0 Å². The summed E-state index contributed by atoms with van der Waals surface area (Å²) in [6, 6.07) is 5.29. The zero-order chi connectivity index (χ0) is 17.7. The number of aliphatic carboxylic acids is 1. The molecule has 0 saturated carbocycles. The van der Waals surface area contributed by atoms with Gasteiger partial charge in [0.05, 0.1) is 11.1 Å². The number of nitrogens with zero attached hydrogens (tertiary/aromatic N) is 1. The number of rotatable bonds is 8. The molecule has 1 aliphatic heterocycles. The molecule has 0 spiro atoms. The molecular weight excluding hydrogens is 332 g/mol. The lowest BCUT2D eigenvalue weighted by molar-refractivity contribution is -0.141. The Bertz CT molecular complexity index is 641. The molecule has 0 aromatic heterocycles. The maximum Gasteiger partial charge on any atom is 0.326 e. The molecule has 8 heteroatoms. The van der Waals surface area contributed by atoms with E-state index in [1.807, 2.05) is 6.92 Å². The molecule has 1 atom stereocenters. The minimum absolute atomic E-state index is 0.254. The van der Waals surface area contributed by atoms with E-state index in [0.717, 1.165) is 10.7 Å². The molecule has 0 radical (unpaired) electrons. The number of amides is 3. The topological polar surface area (TPSA) is 104 Å². The van der Waals surface area contributed by atoms with E-state index in [-0.39, 0.29) is 17.5 Å². The monoisotopic (exact) mass is 350 g/mol. The third-order valence-electron chi connectivity index (χ3n) is 3.57. The van der Waals surface area contributed by atoms with Gasteiger partial charge in [-0.2, -0.15) is 11.8 Å². The normalized spacial score (nSPS) is 14.5. The molecule has 1 aromatic carbocycles. The van der Waals surface area contributed by atoms with Crippen LogP contribution in [0.15, 0.2) is 24.3 Å². The molecule has 2 rings (SSSR count). The first-order chi connectivity index (χ1) is 11.5. The average molecular weight is 350 g/mol. The number of nitrogens with one attached hydrogen (secondary N) is 1. The largest absolute Gasteiger partial charge is 0.480 e. The van der Waals surface area contributed by atoms with Gasteiger partial charge < -0.3 is 10.4 Å². The molecule has 1 aromatic rings. The van der Waals surface area contributed by atoms with Gasteiger partial charge in [0.15, 0.2) is 0 Å². The Labute approximate surface area is 143 Å². The average Bonchev–Trinajstić information content (AvgIpc) is 2.79. The van der Waals surface area contributed by atoms with E-state index in [2.05, 4.69) is 5.32 Å². The number of benzene rings is 1. The molecule has 24 heavy (non-hydrogen) atoms. The summed E-state index contributed by atoms with van der Waals surface area (Å²) in [5, 5.41) is 11.5. The molecule has 1 heterocycles. The van der Waals surface area contributed by atoms with Gasteiger partial charge >= 0.3 is 5.97 Å². The number of carboxylic acids is 1. The number of carboxylic acid groups (broad SMARTS) is 1. The number of carbonyl (C=O) groups excluding carboxylic acids is 3. The highest BCUT2D eigenvalue weighted by Gasteiger charge is 2.36. The lowest BCUT2D eigenvalue weighted by Gasteiger charge is -2.17. The summed E-state index contributed by atoms with van der Waals surface area (Å²) in [7, 11) is 0. The fourth-order valence-corrected chi connectivity index (χ4v) is 3.06. The van der Waals surface area contributed by atoms with Crippen LogP contribution in [0.25, 0.3) is 0 Å². The SMILES string of the molecule is CCSCCC(NC(=O)CN1C(=O)c2ccccc2C1=O)C(=O)O. The maximum atomic E-state index is 12.2. The van der Waals surface area contributed by atoms with Crippen molar-refractivity contribution >= 4 is 35.5 Å². The third kappa shape index (κ3) is 3.94. The number of thioether (sulfide) groups is 1. The molecule has 2 N–H and O–H groups in total. The van der Waals surface area contributed by atoms with Crippen LogP contribution < -0.4 is 5.32 Å². The van der Waals surface area contributed by atoms with Crippen molar-refractivity contribution in [3.05, 3.63) is 35.4 Å². The molecule has 0 bridgehead atoms. The van der Waals surface area contributed by atoms with Crippen molar-refractivity contribution in [1.29, 1.82) is 0 Å². The Morgan fingerprint density at radius 1 is 1.21 bits per heavy atom. The zero-order valence-electron chi connectivity index (χ0n) is 13.2. The van der Waals surface area contributed by atoms with Gasteiger partial charge in [-0.1, -0.05) is 19.1 Å². The summed E-state index contributed by atoms with van der Waals surface area (Å²) < 4.78 is 0. The van der Waals surface area contributed by atoms with Crippen molar-refractivity contribution in [1.82, 2.24) is 10.2 Å². The van der Waals surface area contributed by atoms with E-state index in [0.29, 0.717) is 5.75 Å². The Kier molecular flexibility index (Phi) is 5.97. The van der Waals surface area contributed by atoms with Crippen LogP contribution in [-0.4, -0.2) is 57.8 Å². The van der Waals surface area contributed by atoms with E-state index in [1.54, 1.807) is 23.9 Å². The molecule has 128 valence electrons. The van der Waals surface area contributed by atoms with E-state index in [9.17, 15) is 19.2 Å². The second-order valence-electron chi connectivity index (χ2n) is 5.19. The third-order valence-corrected chi connectivity index (χ3v) is 4.50.